The van der Waals surface area contributed by atoms with E-state index >= 15 is 0 Å². The molecular weight excluding hydrogens is 296 g/mol. The zero-order valence-corrected chi connectivity index (χ0v) is 14.3. The first-order valence-electron chi connectivity index (χ1n) is 7.88. The Bertz CT molecular complexity index is 472. The van der Waals surface area contributed by atoms with Crippen LogP contribution in [0.5, 0.6) is 5.75 Å². The van der Waals surface area contributed by atoms with Gasteiger partial charge in [-0.3, -0.25) is 9.69 Å². The molecule has 130 valence electrons. The lowest BCUT2D eigenvalue weighted by Crippen LogP contribution is -2.32. The Kier molecular flexibility index (Phi) is 9.28. The molecule has 6 nitrogen and oxygen atoms in total. The van der Waals surface area contributed by atoms with E-state index in [4.69, 9.17) is 19.9 Å². The number of carbonyl (C=O) groups is 1. The number of Topliss-reactive ketones (excluding diaryl/α,β-unsaturated/α-hetero) is 1. The zero-order valence-electron chi connectivity index (χ0n) is 14.3. The van der Waals surface area contributed by atoms with Gasteiger partial charge in [0, 0.05) is 45.8 Å². The fourth-order valence-corrected chi connectivity index (χ4v) is 2.19. The van der Waals surface area contributed by atoms with Crippen LogP contribution in [0.4, 0.5) is 5.69 Å². The third-order valence-corrected chi connectivity index (χ3v) is 3.51. The van der Waals surface area contributed by atoms with E-state index in [2.05, 4.69) is 4.90 Å². The van der Waals surface area contributed by atoms with E-state index in [0.29, 0.717) is 49.8 Å². The SMILES string of the molecule is CCOc1ccc(C(=O)CCN(CCOC)CCOC)cc1N. The second-order valence-corrected chi connectivity index (χ2v) is 5.19. The Labute approximate surface area is 138 Å². The van der Waals surface area contributed by atoms with E-state index in [1.165, 1.54) is 0 Å². The van der Waals surface area contributed by atoms with Gasteiger partial charge in [-0.15, -0.1) is 0 Å². The molecule has 0 aliphatic rings. The van der Waals surface area contributed by atoms with Gasteiger partial charge in [0.2, 0.25) is 0 Å². The molecule has 0 bridgehead atoms. The third kappa shape index (κ3) is 6.99. The minimum atomic E-state index is 0.0691. The Hall–Kier alpha value is -1.63. The highest BCUT2D eigenvalue weighted by Gasteiger charge is 2.12. The summed E-state index contributed by atoms with van der Waals surface area (Å²) < 4.78 is 15.6. The Morgan fingerprint density at radius 2 is 1.78 bits per heavy atom. The smallest absolute Gasteiger partial charge is 0.164 e. The van der Waals surface area contributed by atoms with Crippen LogP contribution >= 0.6 is 0 Å². The normalized spacial score (nSPS) is 11.0. The van der Waals surface area contributed by atoms with Gasteiger partial charge in [0.25, 0.3) is 0 Å². The maximum Gasteiger partial charge on any atom is 0.164 e. The van der Waals surface area contributed by atoms with Crippen molar-refractivity contribution in [3.05, 3.63) is 23.8 Å². The monoisotopic (exact) mass is 324 g/mol. The predicted octanol–water partition coefficient (Wildman–Crippen LogP) is 1.84. The summed E-state index contributed by atoms with van der Waals surface area (Å²) in [6.45, 7) is 5.93. The largest absolute Gasteiger partial charge is 0.492 e. The van der Waals surface area contributed by atoms with Crippen molar-refractivity contribution in [1.82, 2.24) is 4.90 Å². The lowest BCUT2D eigenvalue weighted by Gasteiger charge is -2.21. The van der Waals surface area contributed by atoms with Crippen molar-refractivity contribution in [3.63, 3.8) is 0 Å². The molecule has 0 atom stereocenters. The van der Waals surface area contributed by atoms with Gasteiger partial charge in [-0.2, -0.15) is 0 Å². The van der Waals surface area contributed by atoms with Crippen molar-refractivity contribution in [1.29, 1.82) is 0 Å². The highest BCUT2D eigenvalue weighted by Crippen LogP contribution is 2.23. The molecule has 1 aromatic carbocycles. The average Bonchev–Trinajstić information content (AvgIpc) is 2.55. The lowest BCUT2D eigenvalue weighted by molar-refractivity contribution is 0.0911. The minimum absolute atomic E-state index is 0.0691. The van der Waals surface area contributed by atoms with E-state index in [-0.39, 0.29) is 5.78 Å². The van der Waals surface area contributed by atoms with Crippen LogP contribution in [0.15, 0.2) is 18.2 Å². The fraction of sp³-hybridized carbons (Fsp3) is 0.588. The van der Waals surface area contributed by atoms with Crippen molar-refractivity contribution in [3.8, 4) is 5.75 Å². The number of hydrogen-bond acceptors (Lipinski definition) is 6. The number of ketones is 1. The van der Waals surface area contributed by atoms with Crippen LogP contribution in [-0.4, -0.2) is 64.4 Å². The Morgan fingerprint density at radius 3 is 2.30 bits per heavy atom. The number of benzene rings is 1. The first-order chi connectivity index (χ1) is 11.1. The van der Waals surface area contributed by atoms with E-state index in [9.17, 15) is 4.79 Å². The maximum absolute atomic E-state index is 12.3. The van der Waals surface area contributed by atoms with Crippen LogP contribution in [0.25, 0.3) is 0 Å². The van der Waals surface area contributed by atoms with Gasteiger partial charge < -0.3 is 19.9 Å². The second-order valence-electron chi connectivity index (χ2n) is 5.19. The highest BCUT2D eigenvalue weighted by molar-refractivity contribution is 5.97. The van der Waals surface area contributed by atoms with E-state index in [0.717, 1.165) is 13.1 Å². The molecule has 0 spiro atoms. The van der Waals surface area contributed by atoms with E-state index in [1.54, 1.807) is 32.4 Å². The van der Waals surface area contributed by atoms with Crippen LogP contribution in [0.1, 0.15) is 23.7 Å². The molecule has 0 saturated heterocycles. The number of nitrogens with two attached hydrogens (primary N) is 1. The summed E-state index contributed by atoms with van der Waals surface area (Å²) in [5.74, 6) is 0.686. The van der Waals surface area contributed by atoms with Crippen molar-refractivity contribution in [2.24, 2.45) is 0 Å². The van der Waals surface area contributed by atoms with E-state index in [1.807, 2.05) is 6.92 Å². The summed E-state index contributed by atoms with van der Waals surface area (Å²) in [5.41, 5.74) is 7.02. The van der Waals surface area contributed by atoms with Gasteiger partial charge in [-0.05, 0) is 25.1 Å². The molecule has 1 rings (SSSR count). The van der Waals surface area contributed by atoms with Crippen molar-refractivity contribution >= 4 is 11.5 Å². The molecule has 23 heavy (non-hydrogen) atoms. The Balaban J connectivity index is 2.57. The number of anilines is 1. The minimum Gasteiger partial charge on any atom is -0.492 e. The Morgan fingerprint density at radius 1 is 1.13 bits per heavy atom. The molecule has 0 heterocycles. The first-order valence-corrected chi connectivity index (χ1v) is 7.88. The molecule has 0 aliphatic carbocycles. The zero-order chi connectivity index (χ0) is 17.1. The number of carbonyl (C=O) groups excluding carboxylic acids is 1. The van der Waals surface area contributed by atoms with Crippen LogP contribution < -0.4 is 10.5 Å². The topological polar surface area (TPSA) is 74.0 Å². The average molecular weight is 324 g/mol. The van der Waals surface area contributed by atoms with Gasteiger partial charge in [0.15, 0.2) is 5.78 Å². The van der Waals surface area contributed by atoms with Gasteiger partial charge in [0.05, 0.1) is 25.5 Å². The highest BCUT2D eigenvalue weighted by atomic mass is 16.5. The van der Waals surface area contributed by atoms with Crippen LogP contribution in [0, 0.1) is 0 Å². The number of ether oxygens (including phenoxy) is 3. The summed E-state index contributed by atoms with van der Waals surface area (Å²) in [5, 5.41) is 0. The third-order valence-electron chi connectivity index (χ3n) is 3.51. The number of methoxy groups -OCH3 is 2. The molecule has 0 amide bonds. The summed E-state index contributed by atoms with van der Waals surface area (Å²) in [6.07, 6.45) is 0.431. The summed E-state index contributed by atoms with van der Waals surface area (Å²) in [6, 6.07) is 5.19. The standard InChI is InChI=1S/C17H28N2O4/c1-4-23-17-6-5-14(13-15(17)18)16(20)7-8-19(9-11-21-2)10-12-22-3/h5-6,13H,4,7-12,18H2,1-3H3. The maximum atomic E-state index is 12.3. The summed E-state index contributed by atoms with van der Waals surface area (Å²) in [4.78, 5) is 14.5. The predicted molar refractivity (Wildman–Crippen MR) is 91.2 cm³/mol. The number of nitrogen functional groups attached to an aromatic ring is 1. The molecule has 0 saturated carbocycles. The lowest BCUT2D eigenvalue weighted by atomic mass is 10.1. The molecule has 0 unspecified atom stereocenters. The van der Waals surface area contributed by atoms with Crippen LogP contribution in [0.3, 0.4) is 0 Å². The first kappa shape index (κ1) is 19.4. The molecule has 2 N–H and O–H groups in total. The van der Waals surface area contributed by atoms with Gasteiger partial charge in [-0.1, -0.05) is 0 Å². The molecule has 0 aromatic heterocycles. The number of hydrogen-bond donors (Lipinski definition) is 1. The van der Waals surface area contributed by atoms with Gasteiger partial charge >= 0.3 is 0 Å². The molecule has 0 radical (unpaired) electrons. The molecule has 6 heteroatoms. The van der Waals surface area contributed by atoms with Crippen LogP contribution in [0.2, 0.25) is 0 Å². The fourth-order valence-electron chi connectivity index (χ4n) is 2.19. The van der Waals surface area contributed by atoms with Crippen molar-refractivity contribution in [2.75, 3.05) is 59.4 Å². The van der Waals surface area contributed by atoms with E-state index < -0.39 is 0 Å². The molecule has 0 fully saturated rings. The molecule has 0 aliphatic heterocycles. The number of rotatable bonds is 12. The molecular formula is C17H28N2O4. The van der Waals surface area contributed by atoms with Crippen molar-refractivity contribution in [2.45, 2.75) is 13.3 Å². The number of nitrogens with zero attached hydrogens (tertiary/aromatic N) is 1. The van der Waals surface area contributed by atoms with Gasteiger partial charge in [0.1, 0.15) is 5.75 Å². The quantitative estimate of drug-likeness (QED) is 0.467. The summed E-state index contributed by atoms with van der Waals surface area (Å²) in [7, 11) is 3.34. The second kappa shape index (κ2) is 11.0. The van der Waals surface area contributed by atoms with Crippen molar-refractivity contribution < 1.29 is 19.0 Å². The van der Waals surface area contributed by atoms with Gasteiger partial charge in [-0.25, -0.2) is 0 Å². The molecule has 1 aromatic rings. The summed E-state index contributed by atoms with van der Waals surface area (Å²) >= 11 is 0. The van der Waals surface area contributed by atoms with Crippen LogP contribution in [-0.2, 0) is 9.47 Å².